The van der Waals surface area contributed by atoms with Crippen molar-refractivity contribution in [1.29, 1.82) is 0 Å². The van der Waals surface area contributed by atoms with Gasteiger partial charge < -0.3 is 14.4 Å². The maximum atomic E-state index is 12.2. The highest BCUT2D eigenvalue weighted by molar-refractivity contribution is 7.87. The van der Waals surface area contributed by atoms with Crippen molar-refractivity contribution in [1.82, 2.24) is 0 Å². The molecule has 0 bridgehead atoms. The van der Waals surface area contributed by atoms with Crippen LogP contribution in [0.25, 0.3) is 0 Å². The Balaban J connectivity index is 2.44. The Morgan fingerprint density at radius 2 is 1.14 bits per heavy atom. The predicted molar refractivity (Wildman–Crippen MR) is 93.0 cm³/mol. The molecule has 2 aromatic carbocycles. The zero-order valence-electron chi connectivity index (χ0n) is 10.6. The summed E-state index contributed by atoms with van der Waals surface area (Å²) in [7, 11) is -4.18. The second kappa shape index (κ2) is 6.36. The molecule has 0 aliphatic heterocycles. The number of hydrogen-bond donors (Lipinski definition) is 6. The molecule has 0 aromatic heterocycles. The molecule has 0 radical (unpaired) electrons. The van der Waals surface area contributed by atoms with Crippen molar-refractivity contribution >= 4 is 60.6 Å². The average molecular weight is 395 g/mol. The van der Waals surface area contributed by atoms with Crippen molar-refractivity contribution < 1.29 is 22.8 Å². The molecule has 0 fully saturated rings. The van der Waals surface area contributed by atoms with E-state index in [4.69, 9.17) is 4.18 Å². The highest BCUT2D eigenvalue weighted by Gasteiger charge is 2.20. The van der Waals surface area contributed by atoms with Crippen molar-refractivity contribution in [3.8, 4) is 17.2 Å². The van der Waals surface area contributed by atoms with Crippen molar-refractivity contribution in [2.45, 2.75) is 24.5 Å². The van der Waals surface area contributed by atoms with Gasteiger partial charge in [-0.15, -0.1) is 50.5 Å². The summed E-state index contributed by atoms with van der Waals surface area (Å²) in [4.78, 5) is 0.103. The molecule has 22 heavy (non-hydrogen) atoms. The fraction of sp³-hybridized carbons (Fsp3) is 0. The fourth-order valence-corrected chi connectivity index (χ4v) is 3.86. The third kappa shape index (κ3) is 3.57. The molecule has 2 N–H and O–H groups in total. The van der Waals surface area contributed by atoms with Gasteiger partial charge in [-0.25, -0.2) is 0 Å². The Morgan fingerprint density at radius 3 is 1.55 bits per heavy atom. The van der Waals surface area contributed by atoms with Crippen LogP contribution in [0.1, 0.15) is 0 Å². The molecule has 0 atom stereocenters. The zero-order valence-corrected chi connectivity index (χ0v) is 15.0. The average Bonchev–Trinajstić information content (AvgIpc) is 2.41. The van der Waals surface area contributed by atoms with Gasteiger partial charge in [-0.3, -0.25) is 0 Å². The monoisotopic (exact) mass is 394 g/mol. The molecule has 0 spiro atoms. The molecule has 0 saturated heterocycles. The van der Waals surface area contributed by atoms with E-state index in [2.05, 4.69) is 50.5 Å². The number of rotatable bonds is 3. The van der Waals surface area contributed by atoms with Crippen LogP contribution in [-0.4, -0.2) is 18.6 Å². The number of phenolic OH excluding ortho intramolecular Hbond substituents is 2. The molecule has 2 aromatic rings. The van der Waals surface area contributed by atoms with Crippen LogP contribution >= 0.6 is 50.5 Å². The van der Waals surface area contributed by atoms with Crippen molar-refractivity contribution in [3.05, 3.63) is 24.3 Å². The first kappa shape index (κ1) is 17.5. The lowest BCUT2D eigenvalue weighted by Gasteiger charge is -2.11. The summed E-state index contributed by atoms with van der Waals surface area (Å²) < 4.78 is 29.4. The second-order valence-electron chi connectivity index (χ2n) is 4.16. The SMILES string of the molecule is O=S(=O)(Oc1cc(S)c(O)c(S)c1)c1cc(S)c(O)c(S)c1. The first-order valence-corrected chi connectivity index (χ1v) is 8.76. The van der Waals surface area contributed by atoms with Gasteiger partial charge in [0.2, 0.25) is 0 Å². The van der Waals surface area contributed by atoms with Gasteiger partial charge in [0.25, 0.3) is 0 Å². The van der Waals surface area contributed by atoms with Crippen molar-refractivity contribution in [2.24, 2.45) is 0 Å². The van der Waals surface area contributed by atoms with E-state index in [0.717, 1.165) is 12.1 Å². The van der Waals surface area contributed by atoms with Crippen LogP contribution in [0.15, 0.2) is 48.7 Å². The molecule has 118 valence electrons. The van der Waals surface area contributed by atoms with Gasteiger partial charge in [0, 0.05) is 9.79 Å². The van der Waals surface area contributed by atoms with Crippen molar-refractivity contribution in [3.63, 3.8) is 0 Å². The quantitative estimate of drug-likeness (QED) is 0.356. The Bertz CT molecular complexity index is 801. The Kier molecular flexibility index (Phi) is 5.07. The summed E-state index contributed by atoms with van der Waals surface area (Å²) >= 11 is 15.9. The molecule has 2 rings (SSSR count). The van der Waals surface area contributed by atoms with Crippen LogP contribution in [0.4, 0.5) is 0 Å². The summed E-state index contributed by atoms with van der Waals surface area (Å²) in [5, 5.41) is 19.1. The smallest absolute Gasteiger partial charge is 0.339 e. The number of benzene rings is 2. The van der Waals surface area contributed by atoms with Gasteiger partial charge in [0.05, 0.1) is 9.79 Å². The van der Waals surface area contributed by atoms with Crippen LogP contribution in [0.2, 0.25) is 0 Å². The van der Waals surface area contributed by atoms with Gasteiger partial charge in [-0.05, 0) is 24.3 Å². The van der Waals surface area contributed by atoms with E-state index in [9.17, 15) is 18.6 Å². The summed E-state index contributed by atoms with van der Waals surface area (Å²) in [6.07, 6.45) is 0. The van der Waals surface area contributed by atoms with Crippen LogP contribution in [0, 0.1) is 0 Å². The minimum absolute atomic E-state index is 0.0464. The molecule has 0 saturated carbocycles. The van der Waals surface area contributed by atoms with E-state index in [0.29, 0.717) is 0 Å². The first-order chi connectivity index (χ1) is 10.1. The molecule has 5 nitrogen and oxygen atoms in total. The number of phenols is 2. The second-order valence-corrected chi connectivity index (χ2v) is 7.63. The van der Waals surface area contributed by atoms with E-state index in [1.807, 2.05) is 0 Å². The molecular weight excluding hydrogens is 384 g/mol. The summed E-state index contributed by atoms with van der Waals surface area (Å²) in [5.74, 6) is -0.482. The van der Waals surface area contributed by atoms with Gasteiger partial charge >= 0.3 is 10.1 Å². The molecule has 0 heterocycles. The lowest BCUT2D eigenvalue weighted by molar-refractivity contribution is 0.442. The normalized spacial score (nSPS) is 11.5. The molecule has 0 amide bonds. The van der Waals surface area contributed by atoms with E-state index < -0.39 is 10.1 Å². The molecule has 0 aliphatic rings. The maximum Gasteiger partial charge on any atom is 0.339 e. The summed E-state index contributed by atoms with van der Waals surface area (Å²) in [5.41, 5.74) is 0. The third-order valence-corrected chi connectivity index (χ3v) is 5.17. The summed E-state index contributed by atoms with van der Waals surface area (Å²) in [6.45, 7) is 0. The predicted octanol–water partition coefficient (Wildman–Crippen LogP) is 3.02. The number of hydrogen-bond acceptors (Lipinski definition) is 9. The lowest BCUT2D eigenvalue weighted by Crippen LogP contribution is -2.10. The highest BCUT2D eigenvalue weighted by atomic mass is 32.2. The van der Waals surface area contributed by atoms with Crippen LogP contribution in [0.3, 0.4) is 0 Å². The highest BCUT2D eigenvalue weighted by Crippen LogP contribution is 2.36. The molecule has 10 heteroatoms. The Labute approximate surface area is 149 Å². The first-order valence-electron chi connectivity index (χ1n) is 5.56. The molecule has 0 aliphatic carbocycles. The van der Waals surface area contributed by atoms with Gasteiger partial charge in [0.1, 0.15) is 22.1 Å². The van der Waals surface area contributed by atoms with E-state index in [1.54, 1.807) is 0 Å². The third-order valence-electron chi connectivity index (χ3n) is 2.58. The molecular formula is C12H10O5S5. The zero-order chi connectivity index (χ0) is 16.7. The van der Waals surface area contributed by atoms with Gasteiger partial charge in [-0.1, -0.05) is 0 Å². The minimum Gasteiger partial charge on any atom is -0.506 e. The fourth-order valence-electron chi connectivity index (χ4n) is 1.53. The lowest BCUT2D eigenvalue weighted by atomic mass is 10.3. The molecule has 0 unspecified atom stereocenters. The van der Waals surface area contributed by atoms with Crippen molar-refractivity contribution in [2.75, 3.05) is 0 Å². The number of thiol groups is 4. The Hall–Kier alpha value is -0.810. The maximum absolute atomic E-state index is 12.2. The topological polar surface area (TPSA) is 83.8 Å². The van der Waals surface area contributed by atoms with E-state index in [-0.39, 0.29) is 41.7 Å². The number of aromatic hydroxyl groups is 2. The van der Waals surface area contributed by atoms with Crippen LogP contribution in [0.5, 0.6) is 17.2 Å². The Morgan fingerprint density at radius 1 is 0.773 bits per heavy atom. The van der Waals surface area contributed by atoms with Crippen LogP contribution < -0.4 is 4.18 Å². The minimum atomic E-state index is -4.18. The van der Waals surface area contributed by atoms with Gasteiger partial charge in [0.15, 0.2) is 0 Å². The van der Waals surface area contributed by atoms with Crippen LogP contribution in [-0.2, 0) is 10.1 Å². The van der Waals surface area contributed by atoms with Gasteiger partial charge in [-0.2, -0.15) is 8.42 Å². The van der Waals surface area contributed by atoms with E-state index in [1.165, 1.54) is 12.1 Å². The standard InChI is InChI=1S/C12H10O5S5/c13-11-7(18)1-5(2-8(11)19)17-22(15,16)6-3-9(20)12(14)10(21)4-6/h1-4,13-14,18-21H. The summed E-state index contributed by atoms with van der Waals surface area (Å²) in [6, 6.07) is 4.74. The van der Waals surface area contributed by atoms with E-state index >= 15 is 0 Å². The largest absolute Gasteiger partial charge is 0.506 e.